The Balaban J connectivity index is 2.07. The van der Waals surface area contributed by atoms with Gasteiger partial charge in [-0.1, -0.05) is 49.7 Å². The summed E-state index contributed by atoms with van der Waals surface area (Å²) in [6.07, 6.45) is 2.32. The zero-order valence-electron chi connectivity index (χ0n) is 11.7. The van der Waals surface area contributed by atoms with Crippen molar-refractivity contribution >= 4 is 17.3 Å². The number of amides is 1. The Labute approximate surface area is 119 Å². The van der Waals surface area contributed by atoms with Crippen LogP contribution in [0.3, 0.4) is 0 Å². The molecule has 3 N–H and O–H groups in total. The first-order valence-electron chi connectivity index (χ1n) is 6.92. The van der Waals surface area contributed by atoms with Crippen LogP contribution in [0.2, 0.25) is 0 Å². The van der Waals surface area contributed by atoms with Gasteiger partial charge in [0.2, 0.25) is 5.91 Å². The molecule has 0 bridgehead atoms. The highest BCUT2D eigenvalue weighted by Crippen LogP contribution is 2.18. The molecule has 0 fully saturated rings. The average molecular weight is 268 g/mol. The maximum Gasteiger partial charge on any atom is 0.228 e. The van der Waals surface area contributed by atoms with Crippen LogP contribution in [0, 0.1) is 0 Å². The Kier molecular flexibility index (Phi) is 4.77. The van der Waals surface area contributed by atoms with E-state index in [2.05, 4.69) is 18.3 Å². The van der Waals surface area contributed by atoms with Crippen molar-refractivity contribution in [1.82, 2.24) is 0 Å². The van der Waals surface area contributed by atoms with Gasteiger partial charge in [-0.25, -0.2) is 0 Å². The minimum Gasteiger partial charge on any atom is -0.398 e. The van der Waals surface area contributed by atoms with Gasteiger partial charge in [-0.05, 0) is 29.7 Å². The van der Waals surface area contributed by atoms with E-state index in [1.807, 2.05) is 42.5 Å². The van der Waals surface area contributed by atoms with Gasteiger partial charge in [-0.15, -0.1) is 0 Å². The van der Waals surface area contributed by atoms with Crippen molar-refractivity contribution in [2.45, 2.75) is 26.2 Å². The SMILES string of the molecule is CCCc1ccccc1NC(=O)Cc1ccccc1N. The van der Waals surface area contributed by atoms with Crippen molar-refractivity contribution in [1.29, 1.82) is 0 Å². The molecular formula is C17H20N2O. The number of benzene rings is 2. The largest absolute Gasteiger partial charge is 0.398 e. The lowest BCUT2D eigenvalue weighted by molar-refractivity contribution is -0.115. The normalized spacial score (nSPS) is 10.2. The van der Waals surface area contributed by atoms with E-state index in [0.29, 0.717) is 12.1 Å². The third kappa shape index (κ3) is 3.60. The highest BCUT2D eigenvalue weighted by atomic mass is 16.1. The predicted octanol–water partition coefficient (Wildman–Crippen LogP) is 3.40. The van der Waals surface area contributed by atoms with Gasteiger partial charge in [0.05, 0.1) is 6.42 Å². The quantitative estimate of drug-likeness (QED) is 0.816. The molecule has 0 unspecified atom stereocenters. The van der Waals surface area contributed by atoms with Crippen LogP contribution in [-0.2, 0) is 17.6 Å². The summed E-state index contributed by atoms with van der Waals surface area (Å²) in [5, 5.41) is 2.98. The number of carbonyl (C=O) groups is 1. The van der Waals surface area contributed by atoms with Gasteiger partial charge in [0.25, 0.3) is 0 Å². The summed E-state index contributed by atoms with van der Waals surface area (Å²) in [5.41, 5.74) is 9.44. The smallest absolute Gasteiger partial charge is 0.228 e. The van der Waals surface area contributed by atoms with Crippen molar-refractivity contribution in [2.24, 2.45) is 0 Å². The summed E-state index contributed by atoms with van der Waals surface area (Å²) in [6.45, 7) is 2.13. The molecule has 1 amide bonds. The summed E-state index contributed by atoms with van der Waals surface area (Å²) in [5.74, 6) is -0.0357. The second-order valence-electron chi connectivity index (χ2n) is 4.83. The molecule has 104 valence electrons. The number of carbonyl (C=O) groups excluding carboxylic acids is 1. The molecule has 0 aliphatic carbocycles. The number of aryl methyl sites for hydroxylation is 1. The summed E-state index contributed by atoms with van der Waals surface area (Å²) < 4.78 is 0. The number of rotatable bonds is 5. The maximum absolute atomic E-state index is 12.1. The molecule has 0 saturated heterocycles. The van der Waals surface area contributed by atoms with Crippen LogP contribution in [0.1, 0.15) is 24.5 Å². The molecule has 0 heterocycles. The Morgan fingerprint density at radius 2 is 1.70 bits per heavy atom. The number of hydrogen-bond acceptors (Lipinski definition) is 2. The van der Waals surface area contributed by atoms with E-state index < -0.39 is 0 Å². The van der Waals surface area contributed by atoms with E-state index >= 15 is 0 Å². The first-order valence-corrected chi connectivity index (χ1v) is 6.92. The number of hydrogen-bond donors (Lipinski definition) is 2. The van der Waals surface area contributed by atoms with Crippen LogP contribution < -0.4 is 11.1 Å². The van der Waals surface area contributed by atoms with Crippen molar-refractivity contribution in [3.8, 4) is 0 Å². The first kappa shape index (κ1) is 14.1. The van der Waals surface area contributed by atoms with Crippen LogP contribution in [0.4, 0.5) is 11.4 Å². The highest BCUT2D eigenvalue weighted by molar-refractivity contribution is 5.93. The average Bonchev–Trinajstić information content (AvgIpc) is 2.44. The summed E-state index contributed by atoms with van der Waals surface area (Å²) >= 11 is 0. The highest BCUT2D eigenvalue weighted by Gasteiger charge is 2.08. The molecule has 0 aliphatic heterocycles. The second-order valence-corrected chi connectivity index (χ2v) is 4.83. The van der Waals surface area contributed by atoms with Crippen molar-refractivity contribution < 1.29 is 4.79 Å². The molecular weight excluding hydrogens is 248 g/mol. The van der Waals surface area contributed by atoms with E-state index in [1.54, 1.807) is 0 Å². The van der Waals surface area contributed by atoms with E-state index in [-0.39, 0.29) is 5.91 Å². The minimum absolute atomic E-state index is 0.0357. The second kappa shape index (κ2) is 6.75. The molecule has 0 saturated carbocycles. The Morgan fingerprint density at radius 1 is 1.05 bits per heavy atom. The molecule has 0 atom stereocenters. The molecule has 20 heavy (non-hydrogen) atoms. The summed E-state index contributed by atoms with van der Waals surface area (Å²) in [4.78, 5) is 12.1. The zero-order chi connectivity index (χ0) is 14.4. The lowest BCUT2D eigenvalue weighted by Crippen LogP contribution is -2.16. The molecule has 2 aromatic rings. The van der Waals surface area contributed by atoms with Gasteiger partial charge in [0.1, 0.15) is 0 Å². The Morgan fingerprint density at radius 3 is 2.40 bits per heavy atom. The maximum atomic E-state index is 12.1. The van der Waals surface area contributed by atoms with Crippen LogP contribution in [-0.4, -0.2) is 5.91 Å². The number of para-hydroxylation sites is 2. The number of nitrogens with two attached hydrogens (primary N) is 1. The lowest BCUT2D eigenvalue weighted by Gasteiger charge is -2.11. The van der Waals surface area contributed by atoms with Crippen LogP contribution in [0.25, 0.3) is 0 Å². The fourth-order valence-electron chi connectivity index (χ4n) is 2.19. The molecule has 0 aliphatic rings. The van der Waals surface area contributed by atoms with E-state index in [4.69, 9.17) is 5.73 Å². The summed E-state index contributed by atoms with van der Waals surface area (Å²) in [7, 11) is 0. The van der Waals surface area contributed by atoms with E-state index in [1.165, 1.54) is 5.56 Å². The molecule has 2 aromatic carbocycles. The van der Waals surface area contributed by atoms with Gasteiger partial charge in [0.15, 0.2) is 0 Å². The Bertz CT molecular complexity index is 593. The number of nitrogens with one attached hydrogen (secondary N) is 1. The molecule has 3 heteroatoms. The Hall–Kier alpha value is -2.29. The van der Waals surface area contributed by atoms with Crippen molar-refractivity contribution in [3.63, 3.8) is 0 Å². The fourth-order valence-corrected chi connectivity index (χ4v) is 2.19. The predicted molar refractivity (Wildman–Crippen MR) is 83.6 cm³/mol. The topological polar surface area (TPSA) is 55.1 Å². The third-order valence-electron chi connectivity index (χ3n) is 3.22. The van der Waals surface area contributed by atoms with E-state index in [0.717, 1.165) is 24.1 Å². The first-order chi connectivity index (χ1) is 9.70. The zero-order valence-corrected chi connectivity index (χ0v) is 11.7. The van der Waals surface area contributed by atoms with E-state index in [9.17, 15) is 4.79 Å². The molecule has 0 aromatic heterocycles. The fraction of sp³-hybridized carbons (Fsp3) is 0.235. The van der Waals surface area contributed by atoms with Gasteiger partial charge in [0, 0.05) is 11.4 Å². The van der Waals surface area contributed by atoms with Gasteiger partial charge in [-0.2, -0.15) is 0 Å². The van der Waals surface area contributed by atoms with Crippen LogP contribution >= 0.6 is 0 Å². The number of anilines is 2. The third-order valence-corrected chi connectivity index (χ3v) is 3.22. The number of nitrogen functional groups attached to an aromatic ring is 1. The standard InChI is InChI=1S/C17H20N2O/c1-2-7-13-8-4-6-11-16(13)19-17(20)12-14-9-3-5-10-15(14)18/h3-6,8-11H,2,7,12,18H2,1H3,(H,19,20). The molecule has 0 spiro atoms. The van der Waals surface area contributed by atoms with Crippen LogP contribution in [0.15, 0.2) is 48.5 Å². The summed E-state index contributed by atoms with van der Waals surface area (Å²) in [6, 6.07) is 15.4. The lowest BCUT2D eigenvalue weighted by atomic mass is 10.1. The van der Waals surface area contributed by atoms with Crippen molar-refractivity contribution in [3.05, 3.63) is 59.7 Å². The van der Waals surface area contributed by atoms with Crippen molar-refractivity contribution in [2.75, 3.05) is 11.1 Å². The van der Waals surface area contributed by atoms with Gasteiger partial charge in [-0.3, -0.25) is 4.79 Å². The van der Waals surface area contributed by atoms with Crippen LogP contribution in [0.5, 0.6) is 0 Å². The van der Waals surface area contributed by atoms with Gasteiger partial charge >= 0.3 is 0 Å². The molecule has 0 radical (unpaired) electrons. The monoisotopic (exact) mass is 268 g/mol. The van der Waals surface area contributed by atoms with Gasteiger partial charge < -0.3 is 11.1 Å². The molecule has 2 rings (SSSR count). The minimum atomic E-state index is -0.0357. The molecule has 3 nitrogen and oxygen atoms in total.